The molecule has 3 heteroatoms. The summed E-state index contributed by atoms with van der Waals surface area (Å²) in [5.41, 5.74) is 1.32. The predicted octanol–water partition coefficient (Wildman–Crippen LogP) is 5.39. The van der Waals surface area contributed by atoms with E-state index in [0.29, 0.717) is 18.0 Å². The molecule has 1 aliphatic carbocycles. The van der Waals surface area contributed by atoms with Crippen LogP contribution in [0.15, 0.2) is 41.8 Å². The van der Waals surface area contributed by atoms with E-state index in [0.717, 1.165) is 11.4 Å². The van der Waals surface area contributed by atoms with Gasteiger partial charge in [-0.2, -0.15) is 0 Å². The summed E-state index contributed by atoms with van der Waals surface area (Å²) in [4.78, 5) is 1.45. The average Bonchev–Trinajstić information content (AvgIpc) is 2.93. The monoisotopic (exact) mass is 305 g/mol. The zero-order chi connectivity index (χ0) is 13.9. The highest BCUT2D eigenvalue weighted by Gasteiger charge is 2.32. The van der Waals surface area contributed by atoms with Crippen LogP contribution in [-0.4, -0.2) is 6.04 Å². The van der Waals surface area contributed by atoms with Crippen LogP contribution in [0.25, 0.3) is 0 Å². The van der Waals surface area contributed by atoms with E-state index < -0.39 is 0 Å². The fraction of sp³-hybridized carbons (Fsp3) is 0.412. The van der Waals surface area contributed by atoms with Gasteiger partial charge in [0.15, 0.2) is 0 Å². The molecule has 0 radical (unpaired) electrons. The Balaban J connectivity index is 1.57. The standard InChI is InChI=1S/C17H20ClNS/c1-2-16(17-8-5-9-20-17)19-13-10-12(11-13)14-6-3-4-7-15(14)18/h3-9,12-13,16,19H,2,10-11H2,1H3. The van der Waals surface area contributed by atoms with Crippen molar-refractivity contribution < 1.29 is 0 Å². The quantitative estimate of drug-likeness (QED) is 0.781. The average molecular weight is 306 g/mol. The van der Waals surface area contributed by atoms with Gasteiger partial charge in [0, 0.05) is 22.0 Å². The maximum atomic E-state index is 6.27. The second-order valence-corrected chi connectivity index (χ2v) is 6.92. The Kier molecular flexibility index (Phi) is 4.45. The summed E-state index contributed by atoms with van der Waals surface area (Å²) in [7, 11) is 0. The second kappa shape index (κ2) is 6.30. The smallest absolute Gasteiger partial charge is 0.0440 e. The highest BCUT2D eigenvalue weighted by atomic mass is 35.5. The van der Waals surface area contributed by atoms with E-state index in [4.69, 9.17) is 11.6 Å². The first-order valence-corrected chi connectivity index (χ1v) is 8.57. The van der Waals surface area contributed by atoms with E-state index in [1.165, 1.54) is 23.3 Å². The van der Waals surface area contributed by atoms with Crippen LogP contribution in [0, 0.1) is 0 Å². The van der Waals surface area contributed by atoms with Gasteiger partial charge in [-0.05, 0) is 48.3 Å². The lowest BCUT2D eigenvalue weighted by Gasteiger charge is -2.39. The number of hydrogen-bond donors (Lipinski definition) is 1. The Labute approximate surface area is 130 Å². The molecule has 1 aromatic carbocycles. The van der Waals surface area contributed by atoms with Gasteiger partial charge >= 0.3 is 0 Å². The van der Waals surface area contributed by atoms with Crippen LogP contribution in [-0.2, 0) is 0 Å². The van der Waals surface area contributed by atoms with E-state index in [2.05, 4.69) is 41.9 Å². The van der Waals surface area contributed by atoms with Gasteiger partial charge in [-0.25, -0.2) is 0 Å². The molecule has 1 fully saturated rings. The van der Waals surface area contributed by atoms with Crippen molar-refractivity contribution in [3.8, 4) is 0 Å². The lowest BCUT2D eigenvalue weighted by atomic mass is 9.75. The molecule has 0 spiro atoms. The molecule has 0 bridgehead atoms. The third-order valence-corrected chi connectivity index (χ3v) is 5.55. The third kappa shape index (κ3) is 2.93. The molecule has 1 unspecified atom stereocenters. The number of nitrogens with one attached hydrogen (secondary N) is 1. The van der Waals surface area contributed by atoms with E-state index >= 15 is 0 Å². The Morgan fingerprint density at radius 2 is 2.05 bits per heavy atom. The maximum absolute atomic E-state index is 6.27. The van der Waals surface area contributed by atoms with Crippen LogP contribution in [0.2, 0.25) is 5.02 Å². The van der Waals surface area contributed by atoms with Gasteiger partial charge in [0.25, 0.3) is 0 Å². The molecule has 1 heterocycles. The van der Waals surface area contributed by atoms with Crippen LogP contribution in [0.1, 0.15) is 48.6 Å². The van der Waals surface area contributed by atoms with Crippen molar-refractivity contribution in [2.45, 2.75) is 44.2 Å². The SMILES string of the molecule is CCC(NC1CC(c2ccccc2Cl)C1)c1cccs1. The topological polar surface area (TPSA) is 12.0 Å². The van der Waals surface area contributed by atoms with Crippen LogP contribution >= 0.6 is 22.9 Å². The van der Waals surface area contributed by atoms with E-state index in [1.807, 2.05) is 23.5 Å². The fourth-order valence-electron chi connectivity index (χ4n) is 2.99. The minimum absolute atomic E-state index is 0.507. The first-order chi connectivity index (χ1) is 9.78. The number of hydrogen-bond acceptors (Lipinski definition) is 2. The number of halogens is 1. The van der Waals surface area contributed by atoms with Crippen molar-refractivity contribution >= 4 is 22.9 Å². The molecule has 20 heavy (non-hydrogen) atoms. The number of rotatable bonds is 5. The predicted molar refractivity (Wildman–Crippen MR) is 87.7 cm³/mol. The molecule has 3 rings (SSSR count). The molecule has 1 atom stereocenters. The summed E-state index contributed by atoms with van der Waals surface area (Å²) >= 11 is 8.12. The van der Waals surface area contributed by atoms with Gasteiger partial charge < -0.3 is 5.32 Å². The molecular formula is C17H20ClNS. The summed E-state index contributed by atoms with van der Waals surface area (Å²) in [5.74, 6) is 0.627. The summed E-state index contributed by atoms with van der Waals surface area (Å²) in [6.45, 7) is 2.25. The normalized spacial score (nSPS) is 23.3. The zero-order valence-electron chi connectivity index (χ0n) is 11.7. The summed E-state index contributed by atoms with van der Waals surface area (Å²) in [5, 5.41) is 6.87. The maximum Gasteiger partial charge on any atom is 0.0440 e. The van der Waals surface area contributed by atoms with Crippen molar-refractivity contribution in [3.05, 3.63) is 57.2 Å². The molecule has 0 amide bonds. The minimum Gasteiger partial charge on any atom is -0.306 e. The van der Waals surface area contributed by atoms with Gasteiger partial charge in [0.1, 0.15) is 0 Å². The van der Waals surface area contributed by atoms with Gasteiger partial charge in [-0.15, -0.1) is 11.3 Å². The van der Waals surface area contributed by atoms with E-state index in [1.54, 1.807) is 0 Å². The Morgan fingerprint density at radius 1 is 1.25 bits per heavy atom. The van der Waals surface area contributed by atoms with Gasteiger partial charge in [0.05, 0.1) is 0 Å². The largest absolute Gasteiger partial charge is 0.306 e. The van der Waals surface area contributed by atoms with Crippen molar-refractivity contribution in [1.29, 1.82) is 0 Å². The molecule has 1 saturated carbocycles. The molecule has 2 aromatic rings. The van der Waals surface area contributed by atoms with Gasteiger partial charge in [-0.1, -0.05) is 42.8 Å². The summed E-state index contributed by atoms with van der Waals surface area (Å²) < 4.78 is 0. The number of thiophene rings is 1. The molecule has 1 aromatic heterocycles. The summed E-state index contributed by atoms with van der Waals surface area (Å²) in [6, 6.07) is 13.8. The van der Waals surface area contributed by atoms with Crippen molar-refractivity contribution in [2.75, 3.05) is 0 Å². The van der Waals surface area contributed by atoms with Crippen molar-refractivity contribution in [2.24, 2.45) is 0 Å². The second-order valence-electron chi connectivity index (χ2n) is 5.53. The van der Waals surface area contributed by atoms with Crippen LogP contribution in [0.3, 0.4) is 0 Å². The first-order valence-electron chi connectivity index (χ1n) is 7.31. The van der Waals surface area contributed by atoms with Crippen LogP contribution in [0.5, 0.6) is 0 Å². The lowest BCUT2D eigenvalue weighted by Crippen LogP contribution is -2.41. The lowest BCUT2D eigenvalue weighted by molar-refractivity contribution is 0.264. The molecule has 0 aliphatic heterocycles. The van der Waals surface area contributed by atoms with Crippen LogP contribution < -0.4 is 5.32 Å². The highest BCUT2D eigenvalue weighted by molar-refractivity contribution is 7.10. The molecule has 106 valence electrons. The molecule has 0 saturated heterocycles. The summed E-state index contributed by atoms with van der Waals surface area (Å²) in [6.07, 6.45) is 3.55. The zero-order valence-corrected chi connectivity index (χ0v) is 13.3. The van der Waals surface area contributed by atoms with Gasteiger partial charge in [0.2, 0.25) is 0 Å². The Hall–Kier alpha value is -0.830. The molecular weight excluding hydrogens is 286 g/mol. The van der Waals surface area contributed by atoms with Gasteiger partial charge in [-0.3, -0.25) is 0 Å². The first kappa shape index (κ1) is 14.1. The molecule has 1 aliphatic rings. The minimum atomic E-state index is 0.507. The third-order valence-electron chi connectivity index (χ3n) is 4.21. The Bertz CT molecular complexity index is 546. The molecule has 1 N–H and O–H groups in total. The highest BCUT2D eigenvalue weighted by Crippen LogP contribution is 2.41. The van der Waals surface area contributed by atoms with Crippen molar-refractivity contribution in [1.82, 2.24) is 5.32 Å². The molecule has 1 nitrogen and oxygen atoms in total. The van der Waals surface area contributed by atoms with E-state index in [9.17, 15) is 0 Å². The fourth-order valence-corrected chi connectivity index (χ4v) is 4.15. The number of benzene rings is 1. The van der Waals surface area contributed by atoms with Crippen LogP contribution in [0.4, 0.5) is 0 Å². The van der Waals surface area contributed by atoms with E-state index in [-0.39, 0.29) is 0 Å². The Morgan fingerprint density at radius 3 is 2.70 bits per heavy atom. The van der Waals surface area contributed by atoms with Crippen molar-refractivity contribution in [3.63, 3.8) is 0 Å².